The second-order valence-electron chi connectivity index (χ2n) is 8.78. The first-order valence-corrected chi connectivity index (χ1v) is 13.9. The average molecular weight is 510 g/mol. The number of amides is 1. The highest BCUT2D eigenvalue weighted by Gasteiger charge is 2.32. The molecule has 0 spiro atoms. The van der Waals surface area contributed by atoms with Crippen molar-refractivity contribution in [2.75, 3.05) is 13.1 Å². The molecule has 182 valence electrons. The predicted octanol–water partition coefficient (Wildman–Crippen LogP) is 4.41. The van der Waals surface area contributed by atoms with Crippen molar-refractivity contribution in [2.45, 2.75) is 44.4 Å². The first-order valence-electron chi connectivity index (χ1n) is 11.6. The van der Waals surface area contributed by atoms with E-state index in [0.29, 0.717) is 30.0 Å². The summed E-state index contributed by atoms with van der Waals surface area (Å²) in [5, 5.41) is 2.27. The molecule has 35 heavy (non-hydrogen) atoms. The fourth-order valence-corrected chi connectivity index (χ4v) is 7.40. The van der Waals surface area contributed by atoms with E-state index in [2.05, 4.69) is 29.3 Å². The van der Waals surface area contributed by atoms with Gasteiger partial charge in [0.2, 0.25) is 10.0 Å². The molecule has 3 aromatic carbocycles. The summed E-state index contributed by atoms with van der Waals surface area (Å²) < 4.78 is 36.4. The van der Waals surface area contributed by atoms with Gasteiger partial charge in [0.05, 0.1) is 27.3 Å². The van der Waals surface area contributed by atoms with E-state index in [-0.39, 0.29) is 17.1 Å². The van der Waals surface area contributed by atoms with Gasteiger partial charge >= 0.3 is 0 Å². The first-order chi connectivity index (χ1) is 16.8. The van der Waals surface area contributed by atoms with Crippen molar-refractivity contribution < 1.29 is 17.9 Å². The summed E-state index contributed by atoms with van der Waals surface area (Å²) in [4.78, 5) is 18.2. The molecule has 1 aliphatic rings. The topological polar surface area (TPSA) is 81.0 Å². The number of sulfonamides is 1. The second kappa shape index (κ2) is 9.31. The fraction of sp³-hybridized carbons (Fsp3) is 0.308. The summed E-state index contributed by atoms with van der Waals surface area (Å²) in [6.45, 7) is 7.04. The van der Waals surface area contributed by atoms with Crippen LogP contribution >= 0.6 is 11.3 Å². The number of ether oxygens (including phenoxy) is 1. The van der Waals surface area contributed by atoms with E-state index in [1.807, 2.05) is 37.5 Å². The van der Waals surface area contributed by atoms with E-state index in [1.54, 1.807) is 0 Å². The SMILES string of the molecule is CCn1c(=NC(=O)c2ccc(S(=O)(=O)N3C[C@@H](C)O[C@H](C)C3)cc2)sc2c3ccccc3ccc21. The Balaban J connectivity index is 1.47. The number of nitrogens with zero attached hydrogens (tertiary/aromatic N) is 3. The number of rotatable bonds is 4. The van der Waals surface area contributed by atoms with Crippen LogP contribution in [0, 0.1) is 0 Å². The van der Waals surface area contributed by atoms with Gasteiger partial charge in [0.15, 0.2) is 4.80 Å². The molecule has 2 atom stereocenters. The van der Waals surface area contributed by atoms with Crippen LogP contribution in [0.4, 0.5) is 0 Å². The number of carbonyl (C=O) groups excluding carboxylic acids is 1. The van der Waals surface area contributed by atoms with Crippen LogP contribution in [0.1, 0.15) is 31.1 Å². The van der Waals surface area contributed by atoms with E-state index >= 15 is 0 Å². The quantitative estimate of drug-likeness (QED) is 0.408. The standard InChI is InChI=1S/C26H27N3O4S2/c1-4-29-23-14-11-19-7-5-6-8-22(19)24(23)34-26(29)27-25(30)20-9-12-21(13-10-20)35(31,32)28-15-17(2)33-18(3)16-28/h5-14,17-18H,4,15-16H2,1-3H3/t17-,18-/m1/s1. The third kappa shape index (κ3) is 4.45. The lowest BCUT2D eigenvalue weighted by atomic mass is 10.1. The molecule has 0 aliphatic carbocycles. The molecule has 2 heterocycles. The maximum atomic E-state index is 13.1. The molecule has 0 N–H and O–H groups in total. The first kappa shape index (κ1) is 23.9. The molecule has 0 bridgehead atoms. The lowest BCUT2D eigenvalue weighted by Crippen LogP contribution is -2.48. The van der Waals surface area contributed by atoms with Crippen molar-refractivity contribution in [1.29, 1.82) is 0 Å². The largest absolute Gasteiger partial charge is 0.373 e. The Hall–Kier alpha value is -2.85. The van der Waals surface area contributed by atoms with Crippen LogP contribution in [0.25, 0.3) is 21.0 Å². The van der Waals surface area contributed by atoms with Gasteiger partial charge < -0.3 is 9.30 Å². The van der Waals surface area contributed by atoms with Gasteiger partial charge in [0.1, 0.15) is 0 Å². The van der Waals surface area contributed by atoms with E-state index < -0.39 is 15.9 Å². The highest BCUT2D eigenvalue weighted by molar-refractivity contribution is 7.89. The van der Waals surface area contributed by atoms with Crippen LogP contribution in [0.3, 0.4) is 0 Å². The molecule has 0 radical (unpaired) electrons. The minimum Gasteiger partial charge on any atom is -0.373 e. The molecule has 1 aromatic heterocycles. The fourth-order valence-electron chi connectivity index (χ4n) is 4.59. The maximum absolute atomic E-state index is 13.1. The summed E-state index contributed by atoms with van der Waals surface area (Å²) in [5.41, 5.74) is 1.38. The van der Waals surface area contributed by atoms with Gasteiger partial charge in [-0.2, -0.15) is 9.30 Å². The average Bonchev–Trinajstić information content (AvgIpc) is 3.21. The maximum Gasteiger partial charge on any atom is 0.279 e. The number of hydrogen-bond donors (Lipinski definition) is 0. The van der Waals surface area contributed by atoms with E-state index in [4.69, 9.17) is 4.74 Å². The monoisotopic (exact) mass is 509 g/mol. The molecule has 1 aliphatic heterocycles. The van der Waals surface area contributed by atoms with Crippen LogP contribution in [-0.2, 0) is 21.3 Å². The number of thiazole rings is 1. The lowest BCUT2D eigenvalue weighted by molar-refractivity contribution is -0.0440. The van der Waals surface area contributed by atoms with Gasteiger partial charge in [-0.25, -0.2) is 8.42 Å². The summed E-state index contributed by atoms with van der Waals surface area (Å²) in [6.07, 6.45) is -0.339. The Kier molecular flexibility index (Phi) is 6.35. The summed E-state index contributed by atoms with van der Waals surface area (Å²) in [5.74, 6) is -0.402. The van der Waals surface area contributed by atoms with Crippen molar-refractivity contribution in [3.05, 3.63) is 71.0 Å². The van der Waals surface area contributed by atoms with Crippen molar-refractivity contribution in [1.82, 2.24) is 8.87 Å². The summed E-state index contributed by atoms with van der Waals surface area (Å²) >= 11 is 1.49. The molecule has 5 rings (SSSR count). The molecule has 7 nitrogen and oxygen atoms in total. The molecular formula is C26H27N3O4S2. The van der Waals surface area contributed by atoms with Crippen LogP contribution in [0.15, 0.2) is 70.6 Å². The summed E-state index contributed by atoms with van der Waals surface area (Å²) in [7, 11) is -3.67. The third-order valence-electron chi connectivity index (χ3n) is 6.21. The van der Waals surface area contributed by atoms with Crippen molar-refractivity contribution in [3.63, 3.8) is 0 Å². The Morgan fingerprint density at radius 1 is 1.03 bits per heavy atom. The molecule has 4 aromatic rings. The molecule has 1 saturated heterocycles. The minimum atomic E-state index is -3.67. The molecule has 1 fully saturated rings. The number of aryl methyl sites for hydroxylation is 1. The number of aromatic nitrogens is 1. The summed E-state index contributed by atoms with van der Waals surface area (Å²) in [6, 6.07) is 18.3. The Morgan fingerprint density at radius 3 is 2.40 bits per heavy atom. The molecule has 0 saturated carbocycles. The van der Waals surface area contributed by atoms with E-state index in [1.165, 1.54) is 39.9 Å². The van der Waals surface area contributed by atoms with Crippen LogP contribution < -0.4 is 4.80 Å². The van der Waals surface area contributed by atoms with Crippen LogP contribution in [0.2, 0.25) is 0 Å². The van der Waals surface area contributed by atoms with Gasteiger partial charge in [0, 0.05) is 30.6 Å². The van der Waals surface area contributed by atoms with E-state index in [9.17, 15) is 13.2 Å². The lowest BCUT2D eigenvalue weighted by Gasteiger charge is -2.34. The van der Waals surface area contributed by atoms with Crippen molar-refractivity contribution in [2.24, 2.45) is 4.99 Å². The molecule has 0 unspecified atom stereocenters. The highest BCUT2D eigenvalue weighted by atomic mass is 32.2. The number of fused-ring (bicyclic) bond motifs is 3. The zero-order valence-corrected chi connectivity index (χ0v) is 21.5. The van der Waals surface area contributed by atoms with Gasteiger partial charge in [-0.15, -0.1) is 0 Å². The highest BCUT2D eigenvalue weighted by Crippen LogP contribution is 2.28. The van der Waals surface area contributed by atoms with Gasteiger partial charge in [-0.05, 0) is 56.5 Å². The number of benzene rings is 3. The van der Waals surface area contributed by atoms with Crippen molar-refractivity contribution >= 4 is 48.3 Å². The van der Waals surface area contributed by atoms with E-state index in [0.717, 1.165) is 21.0 Å². The van der Waals surface area contributed by atoms with Crippen LogP contribution in [0.5, 0.6) is 0 Å². The zero-order chi connectivity index (χ0) is 24.7. The number of hydrogen-bond acceptors (Lipinski definition) is 5. The third-order valence-corrected chi connectivity index (χ3v) is 9.19. The Bertz CT molecular complexity index is 1580. The normalized spacial score (nSPS) is 20.0. The smallest absolute Gasteiger partial charge is 0.279 e. The predicted molar refractivity (Wildman–Crippen MR) is 138 cm³/mol. The number of carbonyl (C=O) groups is 1. The minimum absolute atomic E-state index is 0.160. The number of morpholine rings is 1. The van der Waals surface area contributed by atoms with Crippen molar-refractivity contribution in [3.8, 4) is 0 Å². The molecule has 9 heteroatoms. The molecular weight excluding hydrogens is 482 g/mol. The zero-order valence-electron chi connectivity index (χ0n) is 19.8. The van der Waals surface area contributed by atoms with Crippen LogP contribution in [-0.4, -0.2) is 48.5 Å². The second-order valence-corrected chi connectivity index (χ2v) is 11.7. The van der Waals surface area contributed by atoms with Gasteiger partial charge in [-0.3, -0.25) is 4.79 Å². The Morgan fingerprint density at radius 2 is 1.71 bits per heavy atom. The van der Waals surface area contributed by atoms with Gasteiger partial charge in [0.25, 0.3) is 5.91 Å². The Labute approximate surface area is 208 Å². The molecule has 1 amide bonds. The van der Waals surface area contributed by atoms with Gasteiger partial charge in [-0.1, -0.05) is 41.7 Å².